The molecule has 1 spiro atoms. The Morgan fingerprint density at radius 3 is 2.73 bits per heavy atom. The third-order valence-corrected chi connectivity index (χ3v) is 6.48. The molecule has 0 radical (unpaired) electrons. The largest absolute Gasteiger partial charge is 0.481 e. The van der Waals surface area contributed by atoms with Crippen LogP contribution in [0.25, 0.3) is 0 Å². The molecule has 0 bridgehead atoms. The van der Waals surface area contributed by atoms with Crippen molar-refractivity contribution in [3.05, 3.63) is 84.1 Å². The topological polar surface area (TPSA) is 80.7 Å². The fraction of sp³-hybridized carbons (Fsp3) is 0.360. The van der Waals surface area contributed by atoms with Crippen LogP contribution in [0.1, 0.15) is 22.6 Å². The van der Waals surface area contributed by atoms with Gasteiger partial charge in [0.25, 0.3) is 5.91 Å². The van der Waals surface area contributed by atoms with Crippen molar-refractivity contribution in [1.82, 2.24) is 24.8 Å². The summed E-state index contributed by atoms with van der Waals surface area (Å²) in [6.07, 6.45) is 8.83. The molecule has 2 aliphatic rings. The second-order valence-corrected chi connectivity index (χ2v) is 8.50. The molecule has 2 fully saturated rings. The standard InChI is InChI=1S/C25H27N5O3/c1-32-23-21(5-3-9-28-23)16-29-17-22(20-4-2-8-27-14-20)25(18-29)24(31)30(12-13-33-25)15-19-6-10-26-11-7-19/h2-11,14,22H,12-13,15-18H2,1H3. The van der Waals surface area contributed by atoms with E-state index in [1.54, 1.807) is 31.9 Å². The molecule has 5 rings (SSSR count). The van der Waals surface area contributed by atoms with Gasteiger partial charge in [-0.25, -0.2) is 4.98 Å². The fourth-order valence-electron chi connectivity index (χ4n) is 4.95. The fourth-order valence-corrected chi connectivity index (χ4v) is 4.95. The molecule has 0 saturated carbocycles. The number of pyridine rings is 3. The summed E-state index contributed by atoms with van der Waals surface area (Å²) in [5.74, 6) is 0.508. The minimum atomic E-state index is -0.955. The van der Waals surface area contributed by atoms with E-state index < -0.39 is 5.60 Å². The van der Waals surface area contributed by atoms with Crippen LogP contribution in [0.15, 0.2) is 67.4 Å². The van der Waals surface area contributed by atoms with Gasteiger partial charge in [-0.2, -0.15) is 0 Å². The smallest absolute Gasteiger partial charge is 0.257 e. The normalized spacial score (nSPS) is 23.2. The minimum Gasteiger partial charge on any atom is -0.481 e. The molecule has 5 heterocycles. The maximum Gasteiger partial charge on any atom is 0.257 e. The van der Waals surface area contributed by atoms with Crippen molar-refractivity contribution in [1.29, 1.82) is 0 Å². The van der Waals surface area contributed by atoms with Crippen molar-refractivity contribution in [2.24, 2.45) is 0 Å². The van der Waals surface area contributed by atoms with E-state index in [9.17, 15) is 4.79 Å². The number of rotatable bonds is 6. The number of carbonyl (C=O) groups is 1. The highest BCUT2D eigenvalue weighted by atomic mass is 16.5. The van der Waals surface area contributed by atoms with Gasteiger partial charge in [-0.3, -0.25) is 19.7 Å². The maximum absolute atomic E-state index is 14.0. The zero-order valence-corrected chi connectivity index (χ0v) is 18.6. The number of nitrogens with zero attached hydrogens (tertiary/aromatic N) is 5. The lowest BCUT2D eigenvalue weighted by Gasteiger charge is -2.42. The van der Waals surface area contributed by atoms with Gasteiger partial charge in [-0.05, 0) is 35.4 Å². The Balaban J connectivity index is 1.45. The third-order valence-electron chi connectivity index (χ3n) is 6.48. The lowest BCUT2D eigenvalue weighted by atomic mass is 9.83. The van der Waals surface area contributed by atoms with Gasteiger partial charge in [0, 0.05) is 75.2 Å². The molecule has 0 aliphatic carbocycles. The van der Waals surface area contributed by atoms with Crippen LogP contribution in [0.3, 0.4) is 0 Å². The zero-order chi connectivity index (χ0) is 22.7. The van der Waals surface area contributed by atoms with Gasteiger partial charge in [0.1, 0.15) is 0 Å². The number of likely N-dealkylation sites (tertiary alicyclic amines) is 1. The molecule has 33 heavy (non-hydrogen) atoms. The number of hydrogen-bond acceptors (Lipinski definition) is 7. The van der Waals surface area contributed by atoms with E-state index in [4.69, 9.17) is 9.47 Å². The SMILES string of the molecule is COc1ncccc1CN1CC(c2cccnc2)C2(C1)OCCN(Cc1ccncc1)C2=O. The van der Waals surface area contributed by atoms with Crippen LogP contribution in [-0.4, -0.2) is 69.6 Å². The first kappa shape index (κ1) is 21.5. The van der Waals surface area contributed by atoms with Gasteiger partial charge in [-0.1, -0.05) is 12.1 Å². The van der Waals surface area contributed by atoms with E-state index in [0.717, 1.165) is 16.7 Å². The summed E-state index contributed by atoms with van der Waals surface area (Å²) >= 11 is 0. The van der Waals surface area contributed by atoms with Crippen LogP contribution in [0.2, 0.25) is 0 Å². The molecule has 2 saturated heterocycles. The van der Waals surface area contributed by atoms with E-state index in [1.807, 2.05) is 47.5 Å². The third kappa shape index (κ3) is 4.19. The Hall–Kier alpha value is -3.36. The number of ether oxygens (including phenoxy) is 2. The minimum absolute atomic E-state index is 0.0278. The summed E-state index contributed by atoms with van der Waals surface area (Å²) in [6.45, 7) is 3.41. The average molecular weight is 446 g/mol. The van der Waals surface area contributed by atoms with Crippen molar-refractivity contribution in [2.75, 3.05) is 33.4 Å². The first-order valence-corrected chi connectivity index (χ1v) is 11.1. The highest BCUT2D eigenvalue weighted by Crippen LogP contribution is 2.42. The summed E-state index contributed by atoms with van der Waals surface area (Å²) < 4.78 is 11.8. The summed E-state index contributed by atoms with van der Waals surface area (Å²) in [6, 6.07) is 11.8. The number of hydrogen-bond donors (Lipinski definition) is 0. The first-order chi connectivity index (χ1) is 16.2. The molecule has 1 amide bonds. The van der Waals surface area contributed by atoms with Crippen molar-refractivity contribution in [3.63, 3.8) is 0 Å². The van der Waals surface area contributed by atoms with Crippen molar-refractivity contribution >= 4 is 5.91 Å². The van der Waals surface area contributed by atoms with E-state index in [0.29, 0.717) is 45.2 Å². The van der Waals surface area contributed by atoms with Crippen LogP contribution in [0.5, 0.6) is 5.88 Å². The maximum atomic E-state index is 14.0. The molecule has 3 aromatic rings. The van der Waals surface area contributed by atoms with Gasteiger partial charge >= 0.3 is 0 Å². The summed E-state index contributed by atoms with van der Waals surface area (Å²) in [5.41, 5.74) is 2.10. The molecule has 2 atom stereocenters. The molecule has 3 aromatic heterocycles. The Bertz CT molecular complexity index is 1100. The van der Waals surface area contributed by atoms with Crippen molar-refractivity contribution in [3.8, 4) is 5.88 Å². The Labute approximate surface area is 193 Å². The average Bonchev–Trinajstić information content (AvgIpc) is 3.22. The number of carbonyl (C=O) groups excluding carboxylic acids is 1. The van der Waals surface area contributed by atoms with Crippen LogP contribution >= 0.6 is 0 Å². The van der Waals surface area contributed by atoms with Crippen LogP contribution in [-0.2, 0) is 22.6 Å². The second-order valence-electron chi connectivity index (χ2n) is 8.50. The Morgan fingerprint density at radius 2 is 1.94 bits per heavy atom. The summed E-state index contributed by atoms with van der Waals surface area (Å²) in [5, 5.41) is 0. The van der Waals surface area contributed by atoms with Crippen LogP contribution < -0.4 is 4.74 Å². The number of morpholine rings is 1. The molecular formula is C25H27N5O3. The van der Waals surface area contributed by atoms with Gasteiger partial charge in [0.2, 0.25) is 5.88 Å². The van der Waals surface area contributed by atoms with Crippen LogP contribution in [0, 0.1) is 0 Å². The molecule has 0 N–H and O–H groups in total. The second kappa shape index (κ2) is 9.25. The molecule has 2 unspecified atom stereocenters. The number of methoxy groups -OCH3 is 1. The lowest BCUT2D eigenvalue weighted by Crippen LogP contribution is -2.59. The lowest BCUT2D eigenvalue weighted by molar-refractivity contribution is -0.173. The van der Waals surface area contributed by atoms with Crippen molar-refractivity contribution < 1.29 is 14.3 Å². The quantitative estimate of drug-likeness (QED) is 0.576. The van der Waals surface area contributed by atoms with Gasteiger partial charge in [0.15, 0.2) is 5.60 Å². The van der Waals surface area contributed by atoms with E-state index >= 15 is 0 Å². The van der Waals surface area contributed by atoms with Crippen molar-refractivity contribution in [2.45, 2.75) is 24.6 Å². The monoisotopic (exact) mass is 445 g/mol. The Kier molecular flexibility index (Phi) is 6.02. The van der Waals surface area contributed by atoms with Gasteiger partial charge in [-0.15, -0.1) is 0 Å². The molecule has 2 aliphatic heterocycles. The molecule has 170 valence electrons. The Morgan fingerprint density at radius 1 is 1.09 bits per heavy atom. The molecule has 0 aromatic carbocycles. The number of amides is 1. The van der Waals surface area contributed by atoms with E-state index in [1.165, 1.54) is 0 Å². The summed E-state index contributed by atoms with van der Waals surface area (Å²) in [7, 11) is 1.63. The predicted molar refractivity (Wildman–Crippen MR) is 121 cm³/mol. The van der Waals surface area contributed by atoms with Crippen LogP contribution in [0.4, 0.5) is 0 Å². The predicted octanol–water partition coefficient (Wildman–Crippen LogP) is 2.28. The molecule has 8 nitrogen and oxygen atoms in total. The zero-order valence-electron chi connectivity index (χ0n) is 18.6. The number of aromatic nitrogens is 3. The van der Waals surface area contributed by atoms with E-state index in [-0.39, 0.29) is 11.8 Å². The van der Waals surface area contributed by atoms with Gasteiger partial charge < -0.3 is 14.4 Å². The first-order valence-electron chi connectivity index (χ1n) is 11.1. The molecule has 8 heteroatoms. The molecular weight excluding hydrogens is 418 g/mol. The van der Waals surface area contributed by atoms with E-state index in [2.05, 4.69) is 19.9 Å². The highest BCUT2D eigenvalue weighted by molar-refractivity contribution is 5.88. The van der Waals surface area contributed by atoms with Gasteiger partial charge in [0.05, 0.1) is 13.7 Å². The summed E-state index contributed by atoms with van der Waals surface area (Å²) in [4.78, 5) is 30.9. The highest BCUT2D eigenvalue weighted by Gasteiger charge is 2.57.